The van der Waals surface area contributed by atoms with Gasteiger partial charge in [-0.25, -0.2) is 0 Å². The van der Waals surface area contributed by atoms with E-state index in [4.69, 9.17) is 4.74 Å². The van der Waals surface area contributed by atoms with Gasteiger partial charge >= 0.3 is 0 Å². The molecule has 1 atom stereocenters. The van der Waals surface area contributed by atoms with E-state index in [0.29, 0.717) is 0 Å². The topological polar surface area (TPSA) is 49.9 Å². The van der Waals surface area contributed by atoms with Gasteiger partial charge in [-0.1, -0.05) is 15.9 Å². The highest BCUT2D eigenvalue weighted by Gasteiger charge is 2.08. The molecule has 0 saturated heterocycles. The number of hydrogen-bond acceptors (Lipinski definition) is 3. The van der Waals surface area contributed by atoms with Crippen molar-refractivity contribution < 1.29 is 4.74 Å². The van der Waals surface area contributed by atoms with Crippen LogP contribution in [-0.4, -0.2) is 17.3 Å². The normalized spacial score (nSPS) is 12.4. The maximum atomic E-state index is 5.34. The smallest absolute Gasteiger partial charge is 0.123 e. The van der Waals surface area contributed by atoms with E-state index in [9.17, 15) is 0 Å². The van der Waals surface area contributed by atoms with Gasteiger partial charge in [0.15, 0.2) is 0 Å². The van der Waals surface area contributed by atoms with Crippen LogP contribution in [0.15, 0.2) is 35.1 Å². The molecule has 0 aliphatic carbocycles. The zero-order chi connectivity index (χ0) is 13.0. The van der Waals surface area contributed by atoms with Crippen LogP contribution in [0.3, 0.4) is 0 Å². The van der Waals surface area contributed by atoms with Crippen LogP contribution in [0.25, 0.3) is 0 Å². The van der Waals surface area contributed by atoms with Crippen LogP contribution in [0.1, 0.15) is 24.1 Å². The number of ether oxygens (including phenoxy) is 1. The maximum Gasteiger partial charge on any atom is 0.123 e. The molecule has 1 aromatic carbocycles. The van der Waals surface area contributed by atoms with Crippen molar-refractivity contribution in [3.63, 3.8) is 0 Å². The Kier molecular flexibility index (Phi) is 4.38. The second-order valence-electron chi connectivity index (χ2n) is 4.09. The fourth-order valence-corrected chi connectivity index (χ4v) is 2.17. The van der Waals surface area contributed by atoms with Gasteiger partial charge in [0.2, 0.25) is 0 Å². The third-order valence-electron chi connectivity index (χ3n) is 2.86. The zero-order valence-corrected chi connectivity index (χ0v) is 12.0. The average molecular weight is 310 g/mol. The van der Waals surface area contributed by atoms with Crippen molar-refractivity contribution in [1.29, 1.82) is 0 Å². The summed E-state index contributed by atoms with van der Waals surface area (Å²) in [6.07, 6.45) is 3.73. The van der Waals surface area contributed by atoms with Crippen molar-refractivity contribution in [2.75, 3.05) is 7.11 Å². The maximum absolute atomic E-state index is 5.34. The number of hydrogen-bond donors (Lipinski definition) is 2. The Morgan fingerprint density at radius 1 is 1.50 bits per heavy atom. The summed E-state index contributed by atoms with van der Waals surface area (Å²) < 4.78 is 6.40. The van der Waals surface area contributed by atoms with Crippen LogP contribution in [0.4, 0.5) is 0 Å². The summed E-state index contributed by atoms with van der Waals surface area (Å²) in [7, 11) is 1.69. The van der Waals surface area contributed by atoms with Crippen LogP contribution >= 0.6 is 15.9 Å². The van der Waals surface area contributed by atoms with E-state index in [0.717, 1.165) is 27.9 Å². The molecule has 0 saturated carbocycles. The summed E-state index contributed by atoms with van der Waals surface area (Å²) >= 11 is 3.47. The zero-order valence-electron chi connectivity index (χ0n) is 10.4. The van der Waals surface area contributed by atoms with Crippen LogP contribution < -0.4 is 10.1 Å². The fraction of sp³-hybridized carbons (Fsp3) is 0.308. The number of aromatic amines is 1. The lowest BCUT2D eigenvalue weighted by molar-refractivity contribution is 0.406. The molecule has 0 bridgehead atoms. The van der Waals surface area contributed by atoms with E-state index in [2.05, 4.69) is 44.4 Å². The van der Waals surface area contributed by atoms with Crippen LogP contribution in [0.5, 0.6) is 5.75 Å². The van der Waals surface area contributed by atoms with Crippen molar-refractivity contribution in [1.82, 2.24) is 15.5 Å². The van der Waals surface area contributed by atoms with Gasteiger partial charge in [-0.15, -0.1) is 0 Å². The Bertz CT molecular complexity index is 499. The third-order valence-corrected chi connectivity index (χ3v) is 3.35. The first-order chi connectivity index (χ1) is 8.70. The highest BCUT2D eigenvalue weighted by Crippen LogP contribution is 2.23. The Balaban J connectivity index is 2.03. The number of nitrogens with zero attached hydrogens (tertiary/aromatic N) is 1. The minimum Gasteiger partial charge on any atom is -0.496 e. The molecular formula is C13H16BrN3O. The van der Waals surface area contributed by atoms with Gasteiger partial charge in [0.25, 0.3) is 0 Å². The number of aromatic nitrogens is 2. The van der Waals surface area contributed by atoms with E-state index < -0.39 is 0 Å². The van der Waals surface area contributed by atoms with Gasteiger partial charge in [0.05, 0.1) is 13.3 Å². The Hall–Kier alpha value is -1.33. The Morgan fingerprint density at radius 2 is 2.33 bits per heavy atom. The molecule has 0 aliphatic heterocycles. The second-order valence-corrected chi connectivity index (χ2v) is 5.01. The molecule has 96 valence electrons. The number of methoxy groups -OCH3 is 1. The number of nitrogens with one attached hydrogen (secondary N) is 2. The highest BCUT2D eigenvalue weighted by atomic mass is 79.9. The van der Waals surface area contributed by atoms with Gasteiger partial charge in [0.1, 0.15) is 5.75 Å². The molecule has 0 amide bonds. The van der Waals surface area contributed by atoms with E-state index in [1.165, 1.54) is 0 Å². The fourth-order valence-electron chi connectivity index (χ4n) is 1.76. The summed E-state index contributed by atoms with van der Waals surface area (Å²) in [6.45, 7) is 2.85. The first-order valence-corrected chi connectivity index (χ1v) is 6.54. The molecule has 2 aromatic rings. The van der Waals surface area contributed by atoms with Crippen LogP contribution in [0, 0.1) is 0 Å². The average Bonchev–Trinajstić information content (AvgIpc) is 2.90. The molecule has 4 nitrogen and oxygen atoms in total. The van der Waals surface area contributed by atoms with E-state index >= 15 is 0 Å². The van der Waals surface area contributed by atoms with E-state index in [1.54, 1.807) is 7.11 Å². The van der Waals surface area contributed by atoms with Crippen molar-refractivity contribution in [3.05, 3.63) is 46.2 Å². The summed E-state index contributed by atoms with van der Waals surface area (Å²) in [5.41, 5.74) is 2.27. The summed E-state index contributed by atoms with van der Waals surface area (Å²) in [4.78, 5) is 0. The molecule has 18 heavy (non-hydrogen) atoms. The monoisotopic (exact) mass is 309 g/mol. The molecule has 1 aromatic heterocycles. The molecule has 1 unspecified atom stereocenters. The van der Waals surface area contributed by atoms with Crippen molar-refractivity contribution >= 4 is 15.9 Å². The van der Waals surface area contributed by atoms with Crippen molar-refractivity contribution in [2.45, 2.75) is 19.5 Å². The second kappa shape index (κ2) is 6.02. The molecule has 0 radical (unpaired) electrons. The lowest BCUT2D eigenvalue weighted by Crippen LogP contribution is -2.18. The molecule has 2 rings (SSSR count). The standard InChI is InChI=1S/C13H16BrN3O/c1-9(11-7-16-17-8-11)15-6-10-5-12(14)3-4-13(10)18-2/h3-5,7-9,15H,6H2,1-2H3,(H,16,17). The number of benzene rings is 1. The largest absolute Gasteiger partial charge is 0.496 e. The van der Waals surface area contributed by atoms with Crippen LogP contribution in [-0.2, 0) is 6.54 Å². The Labute approximate surface area is 115 Å². The predicted octanol–water partition coefficient (Wildman–Crippen LogP) is 3.03. The first-order valence-electron chi connectivity index (χ1n) is 5.75. The Morgan fingerprint density at radius 3 is 3.00 bits per heavy atom. The van der Waals surface area contributed by atoms with Gasteiger partial charge in [-0.05, 0) is 25.1 Å². The third kappa shape index (κ3) is 3.11. The lowest BCUT2D eigenvalue weighted by Gasteiger charge is -2.14. The summed E-state index contributed by atoms with van der Waals surface area (Å²) in [5.74, 6) is 0.894. The molecule has 2 N–H and O–H groups in total. The highest BCUT2D eigenvalue weighted by molar-refractivity contribution is 9.10. The minimum absolute atomic E-state index is 0.243. The van der Waals surface area contributed by atoms with Gasteiger partial charge in [-0.3, -0.25) is 5.10 Å². The quantitative estimate of drug-likeness (QED) is 0.892. The molecule has 1 heterocycles. The van der Waals surface area contributed by atoms with Crippen LogP contribution in [0.2, 0.25) is 0 Å². The van der Waals surface area contributed by atoms with E-state index in [-0.39, 0.29) is 6.04 Å². The number of rotatable bonds is 5. The van der Waals surface area contributed by atoms with Crippen molar-refractivity contribution in [3.8, 4) is 5.75 Å². The minimum atomic E-state index is 0.243. The SMILES string of the molecule is COc1ccc(Br)cc1CNC(C)c1cn[nH]c1. The van der Waals surface area contributed by atoms with Gasteiger partial charge in [0, 0.05) is 34.4 Å². The molecule has 0 aliphatic rings. The molecular weight excluding hydrogens is 294 g/mol. The molecule has 5 heteroatoms. The predicted molar refractivity (Wildman–Crippen MR) is 74.5 cm³/mol. The molecule has 0 spiro atoms. The number of halogens is 1. The van der Waals surface area contributed by atoms with E-state index in [1.807, 2.05) is 24.5 Å². The molecule has 0 fully saturated rings. The first kappa shape index (κ1) is 13.1. The lowest BCUT2D eigenvalue weighted by atomic mass is 10.1. The number of H-pyrrole nitrogens is 1. The summed E-state index contributed by atoms with van der Waals surface area (Å²) in [5, 5.41) is 10.2. The van der Waals surface area contributed by atoms with Gasteiger partial charge in [-0.2, -0.15) is 5.10 Å². The van der Waals surface area contributed by atoms with Gasteiger partial charge < -0.3 is 10.1 Å². The summed E-state index contributed by atoms with van der Waals surface area (Å²) in [6, 6.07) is 6.24. The van der Waals surface area contributed by atoms with Crippen molar-refractivity contribution in [2.24, 2.45) is 0 Å².